The third kappa shape index (κ3) is 5.07. The predicted octanol–water partition coefficient (Wildman–Crippen LogP) is 15.5. The Morgan fingerprint density at radius 1 is 0.278 bits per heavy atom. The monoisotopic (exact) mass is 703 g/mol. The molecule has 10 aromatic carbocycles. The molecule has 252 valence electrons. The fourth-order valence-electron chi connectivity index (χ4n) is 8.37. The maximum atomic E-state index is 2.39. The van der Waals surface area contributed by atoms with Crippen LogP contribution in [0, 0.1) is 0 Å². The molecule has 1 heterocycles. The molecule has 1 nitrogen and oxygen atoms in total. The van der Waals surface area contributed by atoms with Gasteiger partial charge in [-0.2, -0.15) is 0 Å². The van der Waals surface area contributed by atoms with Gasteiger partial charge in [0, 0.05) is 37.2 Å². The maximum absolute atomic E-state index is 2.39. The number of anilines is 3. The van der Waals surface area contributed by atoms with Crippen LogP contribution in [0.3, 0.4) is 0 Å². The summed E-state index contributed by atoms with van der Waals surface area (Å²) in [5.41, 5.74) is 8.25. The van der Waals surface area contributed by atoms with E-state index < -0.39 is 0 Å². The smallest absolute Gasteiger partial charge is 0.0468 e. The van der Waals surface area contributed by atoms with Crippen LogP contribution in [0.4, 0.5) is 17.1 Å². The predicted molar refractivity (Wildman–Crippen MR) is 235 cm³/mol. The summed E-state index contributed by atoms with van der Waals surface area (Å²) in [6.45, 7) is 0. The first-order valence-electron chi connectivity index (χ1n) is 18.5. The third-order valence-corrected chi connectivity index (χ3v) is 12.2. The highest BCUT2D eigenvalue weighted by Gasteiger charge is 2.16. The first kappa shape index (κ1) is 30.8. The highest BCUT2D eigenvalue weighted by Crippen LogP contribution is 2.42. The van der Waals surface area contributed by atoms with Gasteiger partial charge in [-0.05, 0) is 126 Å². The standard InChI is InChI=1S/C52H33NS/c1-3-11-43-35(9-1)17-18-36-23-29-42(33-49(36)43)53(40-25-19-34(20-26-40)38-24-30-52-50(31-38)47-15-7-8-16-51(47)54-52)41-27-21-37(22-28-41)48-32-39-10-2-4-12-44(39)45-13-5-6-14-46(45)48/h1-33H. The molecule has 11 rings (SSSR count). The van der Waals surface area contributed by atoms with Gasteiger partial charge in [-0.15, -0.1) is 11.3 Å². The van der Waals surface area contributed by atoms with E-state index in [0.717, 1.165) is 17.1 Å². The summed E-state index contributed by atoms with van der Waals surface area (Å²) in [6.07, 6.45) is 0. The topological polar surface area (TPSA) is 3.24 Å². The molecule has 0 unspecified atom stereocenters. The Morgan fingerprint density at radius 3 is 1.56 bits per heavy atom. The van der Waals surface area contributed by atoms with Gasteiger partial charge in [-0.25, -0.2) is 0 Å². The lowest BCUT2D eigenvalue weighted by Crippen LogP contribution is -2.10. The zero-order valence-electron chi connectivity index (χ0n) is 29.4. The second kappa shape index (κ2) is 12.4. The molecule has 0 N–H and O–H groups in total. The number of rotatable bonds is 5. The van der Waals surface area contributed by atoms with Crippen molar-refractivity contribution in [2.45, 2.75) is 0 Å². The Bertz CT molecular complexity index is 3210. The van der Waals surface area contributed by atoms with Crippen molar-refractivity contribution in [2.24, 2.45) is 0 Å². The highest BCUT2D eigenvalue weighted by atomic mass is 32.1. The summed E-state index contributed by atoms with van der Waals surface area (Å²) < 4.78 is 2.66. The first-order valence-corrected chi connectivity index (χ1v) is 19.3. The summed E-state index contributed by atoms with van der Waals surface area (Å²) in [6, 6.07) is 73.6. The maximum Gasteiger partial charge on any atom is 0.0468 e. The molecule has 11 aromatic rings. The number of fused-ring (bicyclic) bond motifs is 9. The van der Waals surface area contributed by atoms with E-state index >= 15 is 0 Å². The van der Waals surface area contributed by atoms with Crippen LogP contribution in [0.1, 0.15) is 0 Å². The van der Waals surface area contributed by atoms with Crippen LogP contribution in [0.2, 0.25) is 0 Å². The Balaban J connectivity index is 1.04. The van der Waals surface area contributed by atoms with Crippen molar-refractivity contribution in [2.75, 3.05) is 4.90 Å². The van der Waals surface area contributed by atoms with Gasteiger partial charge < -0.3 is 4.90 Å². The summed E-state index contributed by atoms with van der Waals surface area (Å²) in [5.74, 6) is 0. The number of nitrogens with zero attached hydrogens (tertiary/aromatic N) is 1. The van der Waals surface area contributed by atoms with E-state index in [9.17, 15) is 0 Å². The van der Waals surface area contributed by atoms with Gasteiger partial charge in [0.15, 0.2) is 0 Å². The fourth-order valence-corrected chi connectivity index (χ4v) is 9.45. The molecule has 1 aromatic heterocycles. The van der Waals surface area contributed by atoms with Gasteiger partial charge in [-0.3, -0.25) is 0 Å². The number of hydrogen-bond acceptors (Lipinski definition) is 2. The van der Waals surface area contributed by atoms with Gasteiger partial charge in [0.25, 0.3) is 0 Å². The number of benzene rings is 10. The first-order chi connectivity index (χ1) is 26.7. The molecular weight excluding hydrogens is 671 g/mol. The molecule has 0 radical (unpaired) electrons. The molecule has 0 spiro atoms. The molecule has 0 saturated heterocycles. The van der Waals surface area contributed by atoms with E-state index in [1.54, 1.807) is 0 Å². The minimum absolute atomic E-state index is 1.11. The van der Waals surface area contributed by atoms with E-state index in [1.165, 1.54) is 85.5 Å². The van der Waals surface area contributed by atoms with Crippen LogP contribution in [0.5, 0.6) is 0 Å². The van der Waals surface area contributed by atoms with Gasteiger partial charge in [0.05, 0.1) is 0 Å². The summed E-state index contributed by atoms with van der Waals surface area (Å²) in [4.78, 5) is 2.39. The van der Waals surface area contributed by atoms with Crippen LogP contribution >= 0.6 is 11.3 Å². The Labute approximate surface area is 317 Å². The van der Waals surface area contributed by atoms with E-state index in [4.69, 9.17) is 0 Å². The van der Waals surface area contributed by atoms with Crippen molar-refractivity contribution in [1.29, 1.82) is 0 Å². The largest absolute Gasteiger partial charge is 0.310 e. The molecule has 0 atom stereocenters. The number of thiophene rings is 1. The van der Waals surface area contributed by atoms with Gasteiger partial charge in [0.1, 0.15) is 0 Å². The van der Waals surface area contributed by atoms with Crippen LogP contribution in [-0.4, -0.2) is 0 Å². The van der Waals surface area contributed by atoms with E-state index in [0.29, 0.717) is 0 Å². The molecule has 0 bridgehead atoms. The second-order valence-corrected chi connectivity index (χ2v) is 15.2. The Hall–Kier alpha value is -6.74. The second-order valence-electron chi connectivity index (χ2n) is 14.1. The molecule has 0 amide bonds. The lowest BCUT2D eigenvalue weighted by Gasteiger charge is -2.26. The molecule has 0 aliphatic heterocycles. The van der Waals surface area contributed by atoms with Crippen molar-refractivity contribution in [3.63, 3.8) is 0 Å². The molecule has 0 aliphatic carbocycles. The van der Waals surface area contributed by atoms with Gasteiger partial charge in [0.2, 0.25) is 0 Å². The average molecular weight is 704 g/mol. The molecular formula is C52H33NS. The fraction of sp³-hybridized carbons (Fsp3) is 0. The Kier molecular flexibility index (Phi) is 7.11. The zero-order chi connectivity index (χ0) is 35.6. The van der Waals surface area contributed by atoms with Crippen molar-refractivity contribution in [1.82, 2.24) is 0 Å². The summed E-state index contributed by atoms with van der Waals surface area (Å²) in [5, 5.41) is 12.8. The van der Waals surface area contributed by atoms with E-state index in [2.05, 4.69) is 205 Å². The van der Waals surface area contributed by atoms with Crippen LogP contribution in [0.25, 0.3) is 85.5 Å². The van der Waals surface area contributed by atoms with Gasteiger partial charge >= 0.3 is 0 Å². The van der Waals surface area contributed by atoms with E-state index in [-0.39, 0.29) is 0 Å². The van der Waals surface area contributed by atoms with Crippen LogP contribution in [-0.2, 0) is 0 Å². The zero-order valence-corrected chi connectivity index (χ0v) is 30.2. The minimum atomic E-state index is 1.11. The summed E-state index contributed by atoms with van der Waals surface area (Å²) in [7, 11) is 0. The van der Waals surface area contributed by atoms with Crippen molar-refractivity contribution in [3.05, 3.63) is 200 Å². The van der Waals surface area contributed by atoms with Crippen LogP contribution in [0.15, 0.2) is 200 Å². The normalized spacial score (nSPS) is 11.7. The Morgan fingerprint density at radius 2 is 0.796 bits per heavy atom. The SMILES string of the molecule is c1ccc2c(c1)ccc1ccc(N(c3ccc(-c4ccc5sc6ccccc6c5c4)cc3)c3ccc(-c4cc5ccccc5c5ccccc45)cc3)cc12. The quantitative estimate of drug-likeness (QED) is 0.161. The molecule has 54 heavy (non-hydrogen) atoms. The number of hydrogen-bond donors (Lipinski definition) is 0. The summed E-state index contributed by atoms with van der Waals surface area (Å²) >= 11 is 1.86. The lowest BCUT2D eigenvalue weighted by molar-refractivity contribution is 1.29. The van der Waals surface area contributed by atoms with Gasteiger partial charge in [-0.1, -0.05) is 140 Å². The highest BCUT2D eigenvalue weighted by molar-refractivity contribution is 7.25. The van der Waals surface area contributed by atoms with Crippen molar-refractivity contribution < 1.29 is 0 Å². The van der Waals surface area contributed by atoms with Crippen molar-refractivity contribution >= 4 is 91.7 Å². The van der Waals surface area contributed by atoms with Crippen molar-refractivity contribution in [3.8, 4) is 22.3 Å². The molecule has 0 fully saturated rings. The van der Waals surface area contributed by atoms with Crippen LogP contribution < -0.4 is 4.90 Å². The average Bonchev–Trinajstić information content (AvgIpc) is 3.62. The van der Waals surface area contributed by atoms with E-state index in [1.807, 2.05) is 11.3 Å². The lowest BCUT2D eigenvalue weighted by atomic mass is 9.93. The molecule has 2 heteroatoms. The molecule has 0 aliphatic rings. The minimum Gasteiger partial charge on any atom is -0.310 e. The third-order valence-electron chi connectivity index (χ3n) is 11.0. The molecule has 0 saturated carbocycles.